The highest BCUT2D eigenvalue weighted by atomic mass is 32.1. The second kappa shape index (κ2) is 8.53. The van der Waals surface area contributed by atoms with Crippen LogP contribution in [0.15, 0.2) is 48.5 Å². The second-order valence-electron chi connectivity index (χ2n) is 7.13. The van der Waals surface area contributed by atoms with Crippen LogP contribution in [0, 0.1) is 13.8 Å². The molecule has 3 aromatic rings. The van der Waals surface area contributed by atoms with Gasteiger partial charge in [-0.15, -0.1) is 0 Å². The minimum absolute atomic E-state index is 0.00245. The van der Waals surface area contributed by atoms with Gasteiger partial charge in [0, 0.05) is 17.8 Å². The van der Waals surface area contributed by atoms with Crippen LogP contribution < -0.4 is 5.32 Å². The molecule has 0 unspecified atom stereocenters. The van der Waals surface area contributed by atoms with Crippen LogP contribution in [0.5, 0.6) is 5.75 Å². The maximum absolute atomic E-state index is 12.5. The zero-order valence-corrected chi connectivity index (χ0v) is 17.3. The third-order valence-electron chi connectivity index (χ3n) is 5.15. The maximum Gasteiger partial charge on any atom is 0.255 e. The van der Waals surface area contributed by atoms with Gasteiger partial charge in [-0.1, -0.05) is 55.5 Å². The summed E-state index contributed by atoms with van der Waals surface area (Å²) < 4.78 is 0. The number of thiocarbonyl (C=S) groups is 1. The van der Waals surface area contributed by atoms with Crippen molar-refractivity contribution in [3.63, 3.8) is 0 Å². The van der Waals surface area contributed by atoms with E-state index in [9.17, 15) is 9.90 Å². The van der Waals surface area contributed by atoms with E-state index in [2.05, 4.69) is 36.5 Å². The Morgan fingerprint density at radius 1 is 1.00 bits per heavy atom. The molecule has 28 heavy (non-hydrogen) atoms. The van der Waals surface area contributed by atoms with Crippen LogP contribution in [0.3, 0.4) is 0 Å². The van der Waals surface area contributed by atoms with E-state index in [1.807, 2.05) is 26.0 Å². The van der Waals surface area contributed by atoms with Gasteiger partial charge >= 0.3 is 0 Å². The Kier molecular flexibility index (Phi) is 6.10. The Hall–Kier alpha value is -2.72. The summed E-state index contributed by atoms with van der Waals surface area (Å²) in [6, 6.07) is 15.9. The van der Waals surface area contributed by atoms with Crippen molar-refractivity contribution in [1.29, 1.82) is 0 Å². The first-order valence-corrected chi connectivity index (χ1v) is 9.91. The smallest absolute Gasteiger partial charge is 0.255 e. The van der Waals surface area contributed by atoms with Crippen LogP contribution >= 0.6 is 12.2 Å². The molecule has 0 fully saturated rings. The fraction of sp³-hybridized carbons (Fsp3) is 0.250. The summed E-state index contributed by atoms with van der Waals surface area (Å²) in [5, 5.41) is 15.4. The molecule has 3 nitrogen and oxygen atoms in total. The standard InChI is InChI=1S/C24H25NO2S/c1-4-17-13-22(23(26)11-16(17)3)24(27)25-14-19(28)12-18-10-9-15(2)20-7-5-6-8-21(18)20/h5-11,13,26H,4,12,14H2,1-3H3,(H,25,27). The minimum Gasteiger partial charge on any atom is -0.507 e. The topological polar surface area (TPSA) is 49.3 Å². The first-order chi connectivity index (χ1) is 13.4. The molecule has 144 valence electrons. The molecule has 0 saturated carbocycles. The fourth-order valence-electron chi connectivity index (χ4n) is 3.52. The molecule has 2 N–H and O–H groups in total. The van der Waals surface area contributed by atoms with Crippen molar-refractivity contribution >= 4 is 33.8 Å². The quantitative estimate of drug-likeness (QED) is 0.577. The van der Waals surface area contributed by atoms with Gasteiger partial charge in [0.25, 0.3) is 5.91 Å². The number of phenolic OH excluding ortho intramolecular Hbond substituents is 1. The zero-order chi connectivity index (χ0) is 20.3. The molecule has 0 aliphatic carbocycles. The lowest BCUT2D eigenvalue weighted by Gasteiger charge is -2.12. The molecule has 3 rings (SSSR count). The van der Waals surface area contributed by atoms with Crippen LogP contribution in [0.2, 0.25) is 0 Å². The van der Waals surface area contributed by atoms with Crippen molar-refractivity contribution in [2.24, 2.45) is 0 Å². The fourth-order valence-corrected chi connectivity index (χ4v) is 3.74. The van der Waals surface area contributed by atoms with E-state index < -0.39 is 0 Å². The van der Waals surface area contributed by atoms with Gasteiger partial charge in [-0.3, -0.25) is 4.79 Å². The molecule has 4 heteroatoms. The van der Waals surface area contributed by atoms with E-state index in [1.165, 1.54) is 16.3 Å². The molecule has 0 saturated heterocycles. The van der Waals surface area contributed by atoms with Gasteiger partial charge in [0.2, 0.25) is 0 Å². The monoisotopic (exact) mass is 391 g/mol. The summed E-state index contributed by atoms with van der Waals surface area (Å²) in [6.07, 6.45) is 1.43. The van der Waals surface area contributed by atoms with Crippen molar-refractivity contribution < 1.29 is 9.90 Å². The molecule has 0 heterocycles. The molecule has 0 radical (unpaired) electrons. The summed E-state index contributed by atoms with van der Waals surface area (Å²) >= 11 is 5.53. The molecule has 0 atom stereocenters. The highest BCUT2D eigenvalue weighted by molar-refractivity contribution is 7.80. The van der Waals surface area contributed by atoms with Crippen molar-refractivity contribution in [2.45, 2.75) is 33.6 Å². The minimum atomic E-state index is -0.302. The summed E-state index contributed by atoms with van der Waals surface area (Å²) in [4.78, 5) is 13.3. The number of phenols is 1. The number of fused-ring (bicyclic) bond motifs is 1. The predicted molar refractivity (Wildman–Crippen MR) is 120 cm³/mol. The maximum atomic E-state index is 12.5. The van der Waals surface area contributed by atoms with Gasteiger partial charge in [-0.05, 0) is 65.4 Å². The number of rotatable bonds is 6. The van der Waals surface area contributed by atoms with Gasteiger partial charge in [-0.2, -0.15) is 0 Å². The molecule has 0 aromatic heterocycles. The number of aryl methyl sites for hydroxylation is 3. The Bertz CT molecular complexity index is 1060. The molecule has 1 amide bonds. The molecule has 0 aliphatic rings. The Labute approximate surface area is 171 Å². The number of nitrogens with one attached hydrogen (secondary N) is 1. The molecule has 0 spiro atoms. The average molecular weight is 392 g/mol. The number of hydrogen-bond acceptors (Lipinski definition) is 3. The van der Waals surface area contributed by atoms with Crippen molar-refractivity contribution in [3.05, 3.63) is 76.3 Å². The van der Waals surface area contributed by atoms with Crippen LogP contribution in [0.4, 0.5) is 0 Å². The summed E-state index contributed by atoms with van der Waals surface area (Å²) in [5.41, 5.74) is 4.73. The Morgan fingerprint density at radius 3 is 2.43 bits per heavy atom. The first-order valence-electron chi connectivity index (χ1n) is 9.50. The van der Waals surface area contributed by atoms with E-state index in [1.54, 1.807) is 12.1 Å². The van der Waals surface area contributed by atoms with Gasteiger partial charge in [-0.25, -0.2) is 0 Å². The largest absolute Gasteiger partial charge is 0.507 e. The van der Waals surface area contributed by atoms with E-state index in [0.29, 0.717) is 18.5 Å². The number of carbonyl (C=O) groups excluding carboxylic acids is 1. The number of benzene rings is 3. The average Bonchev–Trinajstić information content (AvgIpc) is 2.68. The highest BCUT2D eigenvalue weighted by Gasteiger charge is 2.14. The van der Waals surface area contributed by atoms with E-state index in [4.69, 9.17) is 12.2 Å². The van der Waals surface area contributed by atoms with Gasteiger partial charge in [0.05, 0.1) is 5.56 Å². The number of amides is 1. The number of aromatic hydroxyl groups is 1. The van der Waals surface area contributed by atoms with E-state index in [0.717, 1.165) is 28.0 Å². The number of carbonyl (C=O) groups is 1. The van der Waals surface area contributed by atoms with E-state index >= 15 is 0 Å². The highest BCUT2D eigenvalue weighted by Crippen LogP contribution is 2.24. The molecular weight excluding hydrogens is 366 g/mol. The van der Waals surface area contributed by atoms with Gasteiger partial charge in [0.1, 0.15) is 5.75 Å². The van der Waals surface area contributed by atoms with Crippen molar-refractivity contribution in [3.8, 4) is 5.75 Å². The predicted octanol–water partition coefficient (Wildman–Crippen LogP) is 5.07. The van der Waals surface area contributed by atoms with Crippen LogP contribution in [-0.4, -0.2) is 22.4 Å². The number of hydrogen-bond donors (Lipinski definition) is 2. The SMILES string of the molecule is CCc1cc(C(=O)NCC(=S)Cc2ccc(C)c3ccccc23)c(O)cc1C. The first kappa shape index (κ1) is 20.0. The Balaban J connectivity index is 1.70. The van der Waals surface area contributed by atoms with Crippen LogP contribution in [0.1, 0.15) is 39.5 Å². The third-order valence-corrected chi connectivity index (χ3v) is 5.43. The molecule has 0 bridgehead atoms. The molecular formula is C24H25NO2S. The Morgan fingerprint density at radius 2 is 1.71 bits per heavy atom. The van der Waals surface area contributed by atoms with Gasteiger partial charge in [0.15, 0.2) is 0 Å². The normalized spacial score (nSPS) is 10.8. The van der Waals surface area contributed by atoms with Crippen molar-refractivity contribution in [2.75, 3.05) is 6.54 Å². The molecule has 0 aliphatic heterocycles. The summed E-state index contributed by atoms with van der Waals surface area (Å²) in [7, 11) is 0. The summed E-state index contributed by atoms with van der Waals surface area (Å²) in [5.74, 6) is -0.300. The van der Waals surface area contributed by atoms with Gasteiger partial charge < -0.3 is 10.4 Å². The van der Waals surface area contributed by atoms with E-state index in [-0.39, 0.29) is 11.7 Å². The second-order valence-corrected chi connectivity index (χ2v) is 7.71. The zero-order valence-electron chi connectivity index (χ0n) is 16.5. The summed E-state index contributed by atoms with van der Waals surface area (Å²) in [6.45, 7) is 6.36. The third kappa shape index (κ3) is 4.23. The van der Waals surface area contributed by atoms with Crippen LogP contribution in [-0.2, 0) is 12.8 Å². The lowest BCUT2D eigenvalue weighted by atomic mass is 9.97. The van der Waals surface area contributed by atoms with Crippen LogP contribution in [0.25, 0.3) is 10.8 Å². The lowest BCUT2D eigenvalue weighted by molar-refractivity contribution is 0.0956. The van der Waals surface area contributed by atoms with Crippen molar-refractivity contribution in [1.82, 2.24) is 5.32 Å². The lowest BCUT2D eigenvalue weighted by Crippen LogP contribution is -2.29. The molecule has 3 aromatic carbocycles.